The standard InChI is InChI=1S/C23H30N4O/c1-2-20-19-9-8-17(23(15-24)12-10-16(11-13-23)22(25)28)14-21(19)27(26-20)18-6-4-3-5-7-18/h8-9,14,16,18H,2-7,10-13H2,1H3,(H2,25,28)/t16-,23+. The number of carbonyl (C=O) groups excluding carboxylic acids is 1. The van der Waals surface area contributed by atoms with Gasteiger partial charge >= 0.3 is 0 Å². The molecular formula is C23H30N4O. The summed E-state index contributed by atoms with van der Waals surface area (Å²) in [6.07, 6.45) is 9.93. The minimum atomic E-state index is -0.520. The average Bonchev–Trinajstić information content (AvgIpc) is 3.12. The van der Waals surface area contributed by atoms with E-state index in [1.165, 1.54) is 43.0 Å². The van der Waals surface area contributed by atoms with Crippen molar-refractivity contribution in [2.45, 2.75) is 82.6 Å². The van der Waals surface area contributed by atoms with Gasteiger partial charge in [-0.15, -0.1) is 0 Å². The quantitative estimate of drug-likeness (QED) is 0.847. The molecule has 28 heavy (non-hydrogen) atoms. The molecule has 0 aliphatic heterocycles. The maximum absolute atomic E-state index is 11.5. The zero-order chi connectivity index (χ0) is 19.7. The monoisotopic (exact) mass is 378 g/mol. The molecule has 0 bridgehead atoms. The third-order valence-electron chi connectivity index (χ3n) is 7.05. The minimum Gasteiger partial charge on any atom is -0.369 e. The lowest BCUT2D eigenvalue weighted by Crippen LogP contribution is -2.35. The van der Waals surface area contributed by atoms with Gasteiger partial charge in [-0.05, 0) is 56.6 Å². The first-order valence-electron chi connectivity index (χ1n) is 10.8. The molecule has 2 aliphatic rings. The molecule has 0 saturated heterocycles. The molecule has 2 fully saturated rings. The van der Waals surface area contributed by atoms with Crippen LogP contribution in [0.1, 0.15) is 82.0 Å². The van der Waals surface area contributed by atoms with E-state index in [4.69, 9.17) is 10.8 Å². The first kappa shape index (κ1) is 19.0. The first-order chi connectivity index (χ1) is 13.6. The molecule has 2 saturated carbocycles. The highest BCUT2D eigenvalue weighted by Crippen LogP contribution is 2.42. The Kier molecular flexibility index (Phi) is 5.14. The molecule has 2 N–H and O–H groups in total. The largest absolute Gasteiger partial charge is 0.369 e. The maximum Gasteiger partial charge on any atom is 0.220 e. The van der Waals surface area contributed by atoms with Crippen LogP contribution in [0.4, 0.5) is 0 Å². The highest BCUT2D eigenvalue weighted by Gasteiger charge is 2.39. The van der Waals surface area contributed by atoms with Gasteiger partial charge in [0.05, 0.1) is 28.7 Å². The highest BCUT2D eigenvalue weighted by molar-refractivity contribution is 5.83. The molecule has 2 aliphatic carbocycles. The number of nitrogens with two attached hydrogens (primary N) is 1. The van der Waals surface area contributed by atoms with Crippen LogP contribution >= 0.6 is 0 Å². The van der Waals surface area contributed by atoms with E-state index in [-0.39, 0.29) is 11.8 Å². The number of nitrogens with zero attached hydrogens (tertiary/aromatic N) is 3. The van der Waals surface area contributed by atoms with Crippen molar-refractivity contribution in [3.63, 3.8) is 0 Å². The summed E-state index contributed by atoms with van der Waals surface area (Å²) >= 11 is 0. The van der Waals surface area contributed by atoms with E-state index in [9.17, 15) is 10.1 Å². The summed E-state index contributed by atoms with van der Waals surface area (Å²) in [6, 6.07) is 9.55. The zero-order valence-electron chi connectivity index (χ0n) is 16.8. The zero-order valence-corrected chi connectivity index (χ0v) is 16.8. The third-order valence-corrected chi connectivity index (χ3v) is 7.05. The SMILES string of the molecule is CCc1nn(C2CCCCC2)c2cc([C@]3(C#N)CC[C@H](C(N)=O)CC3)ccc12. The molecule has 1 aromatic carbocycles. The number of rotatable bonds is 4. The smallest absolute Gasteiger partial charge is 0.220 e. The second-order valence-corrected chi connectivity index (χ2v) is 8.64. The highest BCUT2D eigenvalue weighted by atomic mass is 16.1. The van der Waals surface area contributed by atoms with Crippen LogP contribution < -0.4 is 5.73 Å². The number of aromatic nitrogens is 2. The van der Waals surface area contributed by atoms with Gasteiger partial charge in [0.25, 0.3) is 0 Å². The Balaban J connectivity index is 1.74. The van der Waals surface area contributed by atoms with Crippen LogP contribution in [0.3, 0.4) is 0 Å². The average molecular weight is 379 g/mol. The van der Waals surface area contributed by atoms with Crippen molar-refractivity contribution in [3.05, 3.63) is 29.5 Å². The number of hydrogen-bond acceptors (Lipinski definition) is 3. The fourth-order valence-electron chi connectivity index (χ4n) is 5.23. The van der Waals surface area contributed by atoms with Crippen molar-refractivity contribution in [3.8, 4) is 6.07 Å². The molecule has 0 radical (unpaired) electrons. The Labute approximate surface area is 166 Å². The number of benzene rings is 1. The van der Waals surface area contributed by atoms with E-state index >= 15 is 0 Å². The third kappa shape index (κ3) is 3.19. The number of primary amides is 1. The fraction of sp³-hybridized carbons (Fsp3) is 0.609. The van der Waals surface area contributed by atoms with Gasteiger partial charge in [0, 0.05) is 11.3 Å². The predicted molar refractivity (Wildman–Crippen MR) is 110 cm³/mol. The Morgan fingerprint density at radius 2 is 1.96 bits per heavy atom. The van der Waals surface area contributed by atoms with Crippen LogP contribution in [0.5, 0.6) is 0 Å². The lowest BCUT2D eigenvalue weighted by molar-refractivity contribution is -0.122. The van der Waals surface area contributed by atoms with Gasteiger partial charge in [0.15, 0.2) is 0 Å². The Bertz CT molecular complexity index is 909. The number of hydrogen-bond donors (Lipinski definition) is 1. The molecule has 1 heterocycles. The maximum atomic E-state index is 11.5. The van der Waals surface area contributed by atoms with Crippen LogP contribution in [0.15, 0.2) is 18.2 Å². The number of carbonyl (C=O) groups is 1. The van der Waals surface area contributed by atoms with Gasteiger partial charge in [-0.3, -0.25) is 9.48 Å². The fourth-order valence-corrected chi connectivity index (χ4v) is 5.23. The lowest BCUT2D eigenvalue weighted by Gasteiger charge is -2.34. The van der Waals surface area contributed by atoms with E-state index in [2.05, 4.69) is 35.9 Å². The van der Waals surface area contributed by atoms with Crippen molar-refractivity contribution >= 4 is 16.8 Å². The second kappa shape index (κ2) is 7.58. The van der Waals surface area contributed by atoms with E-state index in [0.29, 0.717) is 31.7 Å². The van der Waals surface area contributed by atoms with Crippen LogP contribution in [0.2, 0.25) is 0 Å². The van der Waals surface area contributed by atoms with Crippen molar-refractivity contribution in [2.75, 3.05) is 0 Å². The summed E-state index contributed by atoms with van der Waals surface area (Å²) in [5.74, 6) is -0.324. The molecule has 148 valence electrons. The molecule has 5 heteroatoms. The number of amides is 1. The summed E-state index contributed by atoms with van der Waals surface area (Å²) in [5.41, 5.74) is 8.37. The minimum absolute atomic E-state index is 0.0929. The van der Waals surface area contributed by atoms with Gasteiger partial charge in [0.2, 0.25) is 5.91 Å². The van der Waals surface area contributed by atoms with Gasteiger partial charge in [-0.2, -0.15) is 10.4 Å². The molecule has 0 atom stereocenters. The van der Waals surface area contributed by atoms with Gasteiger partial charge < -0.3 is 5.73 Å². The molecule has 1 amide bonds. The van der Waals surface area contributed by atoms with E-state index in [1.54, 1.807) is 0 Å². The molecule has 0 spiro atoms. The molecule has 4 rings (SSSR count). The summed E-state index contributed by atoms with van der Waals surface area (Å²) in [5, 5.41) is 16.3. The molecule has 2 aromatic rings. The van der Waals surface area contributed by atoms with E-state index in [1.807, 2.05) is 0 Å². The Hall–Kier alpha value is -2.35. The molecule has 5 nitrogen and oxygen atoms in total. The van der Waals surface area contributed by atoms with Gasteiger partial charge in [0.1, 0.15) is 0 Å². The van der Waals surface area contributed by atoms with Gasteiger partial charge in [-0.25, -0.2) is 0 Å². The van der Waals surface area contributed by atoms with Crippen LogP contribution in [0, 0.1) is 17.2 Å². The molecular weight excluding hydrogens is 348 g/mol. The molecule has 1 aromatic heterocycles. The topological polar surface area (TPSA) is 84.7 Å². The van der Waals surface area contributed by atoms with Gasteiger partial charge in [-0.1, -0.05) is 38.3 Å². The van der Waals surface area contributed by atoms with Crippen LogP contribution in [-0.2, 0) is 16.6 Å². The van der Waals surface area contributed by atoms with Crippen molar-refractivity contribution in [1.82, 2.24) is 9.78 Å². The summed E-state index contributed by atoms with van der Waals surface area (Å²) in [6.45, 7) is 2.16. The second-order valence-electron chi connectivity index (χ2n) is 8.64. The van der Waals surface area contributed by atoms with Crippen molar-refractivity contribution < 1.29 is 4.79 Å². The number of nitriles is 1. The normalized spacial score (nSPS) is 26.2. The molecule has 0 unspecified atom stereocenters. The van der Waals surface area contributed by atoms with E-state index in [0.717, 1.165) is 17.7 Å². The Morgan fingerprint density at radius 1 is 1.25 bits per heavy atom. The van der Waals surface area contributed by atoms with Crippen LogP contribution in [0.25, 0.3) is 10.9 Å². The van der Waals surface area contributed by atoms with Crippen molar-refractivity contribution in [2.24, 2.45) is 11.7 Å². The summed E-state index contributed by atoms with van der Waals surface area (Å²) in [7, 11) is 0. The predicted octanol–water partition coefficient (Wildman–Crippen LogP) is 4.54. The number of fused-ring (bicyclic) bond motifs is 1. The first-order valence-corrected chi connectivity index (χ1v) is 10.8. The summed E-state index contributed by atoms with van der Waals surface area (Å²) in [4.78, 5) is 11.5. The number of aryl methyl sites for hydroxylation is 1. The Morgan fingerprint density at radius 3 is 2.57 bits per heavy atom. The van der Waals surface area contributed by atoms with Crippen LogP contribution in [-0.4, -0.2) is 15.7 Å². The summed E-state index contributed by atoms with van der Waals surface area (Å²) < 4.78 is 2.25. The lowest BCUT2D eigenvalue weighted by atomic mass is 9.67. The van der Waals surface area contributed by atoms with E-state index < -0.39 is 5.41 Å². The van der Waals surface area contributed by atoms with Crippen molar-refractivity contribution in [1.29, 1.82) is 5.26 Å².